The van der Waals surface area contributed by atoms with Crippen molar-refractivity contribution < 1.29 is 0 Å². The molecule has 2 aromatic rings. The summed E-state index contributed by atoms with van der Waals surface area (Å²) in [5.41, 5.74) is 1.28. The van der Waals surface area contributed by atoms with Crippen LogP contribution < -0.4 is 0 Å². The highest BCUT2D eigenvalue weighted by Gasteiger charge is 2.23. The van der Waals surface area contributed by atoms with Gasteiger partial charge in [-0.05, 0) is 37.1 Å². The van der Waals surface area contributed by atoms with Crippen molar-refractivity contribution in [3.63, 3.8) is 0 Å². The molecule has 0 bridgehead atoms. The summed E-state index contributed by atoms with van der Waals surface area (Å²) in [5, 5.41) is 8.65. The van der Waals surface area contributed by atoms with Crippen LogP contribution in [0.2, 0.25) is 5.28 Å². The predicted octanol–water partition coefficient (Wildman–Crippen LogP) is 3.96. The van der Waals surface area contributed by atoms with Gasteiger partial charge in [-0.3, -0.25) is 4.57 Å². The van der Waals surface area contributed by atoms with Gasteiger partial charge in [0.05, 0.1) is 6.54 Å². The van der Waals surface area contributed by atoms with E-state index in [1.807, 2.05) is 4.57 Å². The van der Waals surface area contributed by atoms with Crippen LogP contribution in [0.1, 0.15) is 41.9 Å². The lowest BCUT2D eigenvalue weighted by atomic mass is 9.96. The molecule has 3 nitrogen and oxygen atoms in total. The highest BCUT2D eigenvalue weighted by Crippen LogP contribution is 2.27. The van der Waals surface area contributed by atoms with Crippen LogP contribution in [-0.4, -0.2) is 14.8 Å². The molecule has 2 rings (SSSR count). The molecule has 0 N–H and O–H groups in total. The minimum atomic E-state index is -0.0541. The first kappa shape index (κ1) is 13.6. The van der Waals surface area contributed by atoms with E-state index in [0.29, 0.717) is 5.28 Å². The standard InChI is InChI=1S/C13H18ClN3S/c1-8-6-10(18-9(8)2)7-17-11(13(3,4)5)15-16-12(17)14/h6H,7H2,1-5H3. The Morgan fingerprint density at radius 2 is 1.94 bits per heavy atom. The molecule has 0 amide bonds. The highest BCUT2D eigenvalue weighted by atomic mass is 35.5. The van der Waals surface area contributed by atoms with Crippen LogP contribution in [0.15, 0.2) is 6.07 Å². The summed E-state index contributed by atoms with van der Waals surface area (Å²) < 4.78 is 1.99. The normalized spacial score (nSPS) is 12.1. The van der Waals surface area contributed by atoms with Crippen LogP contribution in [-0.2, 0) is 12.0 Å². The van der Waals surface area contributed by atoms with Gasteiger partial charge < -0.3 is 0 Å². The van der Waals surface area contributed by atoms with Gasteiger partial charge in [0, 0.05) is 15.2 Å². The fraction of sp³-hybridized carbons (Fsp3) is 0.538. The number of aromatic nitrogens is 3. The summed E-state index contributed by atoms with van der Waals surface area (Å²) >= 11 is 7.95. The third-order valence-corrected chi connectivity index (χ3v) is 4.32. The van der Waals surface area contributed by atoms with Crippen LogP contribution >= 0.6 is 22.9 Å². The number of hydrogen-bond donors (Lipinski definition) is 0. The van der Waals surface area contributed by atoms with Crippen molar-refractivity contribution >= 4 is 22.9 Å². The van der Waals surface area contributed by atoms with Gasteiger partial charge in [0.25, 0.3) is 0 Å². The van der Waals surface area contributed by atoms with E-state index in [4.69, 9.17) is 11.6 Å². The van der Waals surface area contributed by atoms with Crippen molar-refractivity contribution in [3.8, 4) is 0 Å². The monoisotopic (exact) mass is 283 g/mol. The molecule has 0 aliphatic heterocycles. The first-order chi connectivity index (χ1) is 8.29. The van der Waals surface area contributed by atoms with E-state index in [9.17, 15) is 0 Å². The largest absolute Gasteiger partial charge is 0.296 e. The molecule has 0 aliphatic rings. The molecule has 98 valence electrons. The van der Waals surface area contributed by atoms with Crippen molar-refractivity contribution in [1.82, 2.24) is 14.8 Å². The average molecular weight is 284 g/mol. The molecule has 0 saturated heterocycles. The Hall–Kier alpha value is -0.870. The Morgan fingerprint density at radius 1 is 1.28 bits per heavy atom. The predicted molar refractivity (Wildman–Crippen MR) is 76.6 cm³/mol. The lowest BCUT2D eigenvalue weighted by molar-refractivity contribution is 0.511. The maximum absolute atomic E-state index is 6.14. The van der Waals surface area contributed by atoms with Gasteiger partial charge in [0.2, 0.25) is 5.28 Å². The van der Waals surface area contributed by atoms with E-state index in [-0.39, 0.29) is 5.41 Å². The van der Waals surface area contributed by atoms with E-state index >= 15 is 0 Å². The fourth-order valence-corrected chi connectivity index (χ4v) is 3.08. The summed E-state index contributed by atoms with van der Waals surface area (Å²) in [7, 11) is 0. The second kappa shape index (κ2) is 4.67. The first-order valence-electron chi connectivity index (χ1n) is 5.94. The number of thiophene rings is 1. The van der Waals surface area contributed by atoms with Gasteiger partial charge in [-0.1, -0.05) is 20.8 Å². The van der Waals surface area contributed by atoms with Gasteiger partial charge in [0.15, 0.2) is 0 Å². The lowest BCUT2D eigenvalue weighted by Crippen LogP contribution is -2.19. The molecular formula is C13H18ClN3S. The van der Waals surface area contributed by atoms with Gasteiger partial charge in [0.1, 0.15) is 5.82 Å². The Kier molecular flexibility index (Phi) is 3.52. The summed E-state index contributed by atoms with van der Waals surface area (Å²) in [6.45, 7) is 11.4. The van der Waals surface area contributed by atoms with Gasteiger partial charge in [-0.2, -0.15) is 0 Å². The van der Waals surface area contributed by atoms with Gasteiger partial charge in [-0.15, -0.1) is 21.5 Å². The molecule has 2 heterocycles. The van der Waals surface area contributed by atoms with Crippen molar-refractivity contribution in [2.45, 2.75) is 46.6 Å². The zero-order chi connectivity index (χ0) is 13.5. The molecule has 0 aliphatic carbocycles. The van der Waals surface area contributed by atoms with Crippen LogP contribution in [0, 0.1) is 13.8 Å². The van der Waals surface area contributed by atoms with Crippen LogP contribution in [0.5, 0.6) is 0 Å². The van der Waals surface area contributed by atoms with Crippen LogP contribution in [0.4, 0.5) is 0 Å². The summed E-state index contributed by atoms with van der Waals surface area (Å²) in [6, 6.07) is 2.21. The first-order valence-corrected chi connectivity index (χ1v) is 7.13. The topological polar surface area (TPSA) is 30.7 Å². The number of hydrogen-bond acceptors (Lipinski definition) is 3. The number of aryl methyl sites for hydroxylation is 2. The van der Waals surface area contributed by atoms with Crippen molar-refractivity contribution in [2.75, 3.05) is 0 Å². The van der Waals surface area contributed by atoms with Gasteiger partial charge in [-0.25, -0.2) is 0 Å². The molecule has 5 heteroatoms. The molecule has 18 heavy (non-hydrogen) atoms. The van der Waals surface area contributed by atoms with E-state index in [0.717, 1.165) is 12.4 Å². The average Bonchev–Trinajstić information content (AvgIpc) is 2.73. The molecule has 0 saturated carbocycles. The third kappa shape index (κ3) is 2.59. The molecule has 2 aromatic heterocycles. The third-order valence-electron chi connectivity index (χ3n) is 2.91. The molecule has 0 unspecified atom stereocenters. The SMILES string of the molecule is Cc1cc(Cn2c(Cl)nnc2C(C)(C)C)sc1C. The minimum absolute atomic E-state index is 0.0541. The number of nitrogens with zero attached hydrogens (tertiary/aromatic N) is 3. The maximum Gasteiger partial charge on any atom is 0.225 e. The second-order valence-corrected chi connectivity index (χ2v) is 7.26. The molecular weight excluding hydrogens is 266 g/mol. The molecule has 0 fully saturated rings. The van der Waals surface area contributed by atoms with E-state index < -0.39 is 0 Å². The zero-order valence-electron chi connectivity index (χ0n) is 11.4. The summed E-state index contributed by atoms with van der Waals surface area (Å²) in [4.78, 5) is 2.64. The minimum Gasteiger partial charge on any atom is -0.296 e. The molecule has 0 radical (unpaired) electrons. The Labute approximate surface area is 117 Å². The lowest BCUT2D eigenvalue weighted by Gasteiger charge is -2.18. The van der Waals surface area contributed by atoms with Crippen LogP contribution in [0.25, 0.3) is 0 Å². The quantitative estimate of drug-likeness (QED) is 0.835. The van der Waals surface area contributed by atoms with Crippen LogP contribution in [0.3, 0.4) is 0 Å². The molecule has 0 aromatic carbocycles. The Balaban J connectivity index is 2.37. The second-order valence-electron chi connectivity index (χ2n) is 5.58. The fourth-order valence-electron chi connectivity index (χ4n) is 1.86. The summed E-state index contributed by atoms with van der Waals surface area (Å²) in [6.07, 6.45) is 0. The van der Waals surface area contributed by atoms with E-state index in [2.05, 4.69) is 50.9 Å². The zero-order valence-corrected chi connectivity index (χ0v) is 13.0. The summed E-state index contributed by atoms with van der Waals surface area (Å²) in [5.74, 6) is 0.927. The van der Waals surface area contributed by atoms with Crippen molar-refractivity contribution in [2.24, 2.45) is 0 Å². The van der Waals surface area contributed by atoms with E-state index in [1.54, 1.807) is 11.3 Å². The van der Waals surface area contributed by atoms with E-state index in [1.165, 1.54) is 15.3 Å². The highest BCUT2D eigenvalue weighted by molar-refractivity contribution is 7.12. The van der Waals surface area contributed by atoms with Crippen molar-refractivity contribution in [3.05, 3.63) is 32.5 Å². The smallest absolute Gasteiger partial charge is 0.225 e. The Morgan fingerprint density at radius 3 is 2.44 bits per heavy atom. The number of rotatable bonds is 2. The Bertz CT molecular complexity index is 544. The number of halogens is 1. The molecule has 0 atom stereocenters. The van der Waals surface area contributed by atoms with Gasteiger partial charge >= 0.3 is 0 Å². The maximum atomic E-state index is 6.14. The molecule has 0 spiro atoms. The van der Waals surface area contributed by atoms with Crippen molar-refractivity contribution in [1.29, 1.82) is 0 Å².